The molecule has 4 nitrogen and oxygen atoms in total. The van der Waals surface area contributed by atoms with E-state index in [1.807, 2.05) is 12.1 Å². The first-order valence-electron chi connectivity index (χ1n) is 2.92. The Morgan fingerprint density at radius 2 is 2.40 bits per heavy atom. The molecule has 0 fully saturated rings. The third-order valence-corrected chi connectivity index (χ3v) is 1.39. The zero-order valence-corrected chi connectivity index (χ0v) is 5.23. The maximum absolute atomic E-state index is 5.54. The number of nitrogens with zero attached hydrogens (tertiary/aromatic N) is 3. The van der Waals surface area contributed by atoms with Crippen LogP contribution in [0.2, 0.25) is 0 Å². The van der Waals surface area contributed by atoms with Gasteiger partial charge in [0.2, 0.25) is 0 Å². The minimum absolute atomic E-state index is 0.824. The maximum atomic E-state index is 5.54. The number of nitrogen functional groups attached to an aromatic ring is 1. The zero-order chi connectivity index (χ0) is 6.97. The normalized spacial score (nSPS) is 10.4. The molecule has 2 heterocycles. The molecule has 0 atom stereocenters. The van der Waals surface area contributed by atoms with Gasteiger partial charge in [-0.15, -0.1) is 5.10 Å². The highest BCUT2D eigenvalue weighted by atomic mass is 15.3. The molecule has 0 amide bonds. The van der Waals surface area contributed by atoms with E-state index in [1.165, 1.54) is 4.68 Å². The summed E-state index contributed by atoms with van der Waals surface area (Å²) in [6.45, 7) is 0. The van der Waals surface area contributed by atoms with Gasteiger partial charge in [-0.3, -0.25) is 4.68 Å². The lowest BCUT2D eigenvalue weighted by Crippen LogP contribution is -2.10. The molecule has 10 heavy (non-hydrogen) atoms. The summed E-state index contributed by atoms with van der Waals surface area (Å²) < 4.78 is 1.50. The number of hydrogen-bond acceptors (Lipinski definition) is 3. The average molecular weight is 134 g/mol. The molecule has 0 bridgehead atoms. The molecule has 0 aromatic rings. The van der Waals surface area contributed by atoms with Gasteiger partial charge in [-0.1, -0.05) is 0 Å². The first-order valence-corrected chi connectivity index (χ1v) is 2.92. The van der Waals surface area contributed by atoms with Gasteiger partial charge in [-0.25, -0.2) is 0 Å². The van der Waals surface area contributed by atoms with E-state index in [4.69, 9.17) is 5.84 Å². The summed E-state index contributed by atoms with van der Waals surface area (Å²) in [6.07, 6.45) is 3.39. The summed E-state index contributed by atoms with van der Waals surface area (Å²) in [6, 6.07) is 3.70. The summed E-state index contributed by atoms with van der Waals surface area (Å²) in [5.41, 5.74) is 1.67. The molecule has 2 aliphatic rings. The van der Waals surface area contributed by atoms with E-state index in [0.29, 0.717) is 0 Å². The average Bonchev–Trinajstić information content (AvgIpc) is 2.36. The fraction of sp³-hybridized carbons (Fsp3) is 0. The molecule has 2 N–H and O–H groups in total. The second kappa shape index (κ2) is 1.70. The Morgan fingerprint density at radius 1 is 1.50 bits per heavy atom. The largest absolute Gasteiger partial charge is 0.339 e. The van der Waals surface area contributed by atoms with Gasteiger partial charge >= 0.3 is 0 Å². The van der Waals surface area contributed by atoms with Crippen LogP contribution in [0.1, 0.15) is 0 Å². The summed E-state index contributed by atoms with van der Waals surface area (Å²) in [5, 5.41) is 7.54. The van der Waals surface area contributed by atoms with Crippen molar-refractivity contribution in [3.8, 4) is 11.4 Å². The molecule has 0 unspecified atom stereocenters. The predicted molar refractivity (Wildman–Crippen MR) is 36.8 cm³/mol. The number of aromatic nitrogens is 3. The molecule has 0 aliphatic carbocycles. The van der Waals surface area contributed by atoms with Crippen LogP contribution in [0.15, 0.2) is 24.5 Å². The van der Waals surface area contributed by atoms with Crippen molar-refractivity contribution in [1.29, 1.82) is 0 Å². The lowest BCUT2D eigenvalue weighted by molar-refractivity contribution is 0.997. The number of nitrogens with two attached hydrogens (primary N) is 1. The van der Waals surface area contributed by atoms with Crippen LogP contribution in [-0.4, -0.2) is 14.9 Å². The van der Waals surface area contributed by atoms with E-state index in [0.717, 1.165) is 11.4 Å². The second-order valence-corrected chi connectivity index (χ2v) is 2.03. The molecular weight excluding hydrogens is 128 g/mol. The van der Waals surface area contributed by atoms with E-state index in [2.05, 4.69) is 10.2 Å². The highest BCUT2D eigenvalue weighted by Gasteiger charge is 2.04. The van der Waals surface area contributed by atoms with Crippen LogP contribution in [0.3, 0.4) is 0 Å². The van der Waals surface area contributed by atoms with E-state index < -0.39 is 0 Å². The number of fused-ring (bicyclic) bond motifs is 1. The van der Waals surface area contributed by atoms with Gasteiger partial charge in [-0.05, 0) is 12.1 Å². The van der Waals surface area contributed by atoms with Crippen molar-refractivity contribution in [2.45, 2.75) is 0 Å². The van der Waals surface area contributed by atoms with E-state index in [1.54, 1.807) is 12.4 Å². The number of hydrogen-bond donors (Lipinski definition) is 1. The van der Waals surface area contributed by atoms with Crippen molar-refractivity contribution in [3.05, 3.63) is 24.5 Å². The lowest BCUT2D eigenvalue weighted by atomic mass is 10.3. The molecule has 0 radical (unpaired) electrons. The molecule has 0 aromatic heterocycles. The van der Waals surface area contributed by atoms with E-state index in [9.17, 15) is 0 Å². The van der Waals surface area contributed by atoms with Gasteiger partial charge < -0.3 is 5.84 Å². The highest BCUT2D eigenvalue weighted by Crippen LogP contribution is 2.13. The molecule has 2 aliphatic heterocycles. The minimum atomic E-state index is 0.824. The molecule has 0 aromatic carbocycles. The van der Waals surface area contributed by atoms with Crippen molar-refractivity contribution in [1.82, 2.24) is 14.9 Å². The van der Waals surface area contributed by atoms with Crippen LogP contribution < -0.4 is 5.84 Å². The molecule has 0 saturated carbocycles. The summed E-state index contributed by atoms with van der Waals surface area (Å²) in [4.78, 5) is 0. The maximum Gasteiger partial charge on any atom is 0.113 e. The Kier molecular flexibility index (Phi) is 0.887. The van der Waals surface area contributed by atoms with Gasteiger partial charge in [0.05, 0.1) is 6.20 Å². The smallest absolute Gasteiger partial charge is 0.113 e. The first-order chi connectivity index (χ1) is 4.88. The highest BCUT2D eigenvalue weighted by molar-refractivity contribution is 5.54. The van der Waals surface area contributed by atoms with Gasteiger partial charge in [0.15, 0.2) is 0 Å². The molecule has 0 saturated heterocycles. The Balaban J connectivity index is 2.80. The quantitative estimate of drug-likeness (QED) is 0.520. The van der Waals surface area contributed by atoms with Crippen molar-refractivity contribution < 1.29 is 0 Å². The predicted octanol–water partition coefficient (Wildman–Crippen LogP) is 0.0967. The fourth-order valence-corrected chi connectivity index (χ4v) is 0.888. The Bertz CT molecular complexity index is 314. The third kappa shape index (κ3) is 0.556. The summed E-state index contributed by atoms with van der Waals surface area (Å²) in [5.74, 6) is 5.54. The zero-order valence-electron chi connectivity index (χ0n) is 5.23. The van der Waals surface area contributed by atoms with Gasteiger partial charge in [0.25, 0.3) is 0 Å². The van der Waals surface area contributed by atoms with Crippen LogP contribution in [0.5, 0.6) is 0 Å². The Hall–Kier alpha value is -1.58. The van der Waals surface area contributed by atoms with Crippen LogP contribution in [0.25, 0.3) is 11.4 Å². The fourth-order valence-electron chi connectivity index (χ4n) is 0.888. The van der Waals surface area contributed by atoms with E-state index in [-0.39, 0.29) is 0 Å². The molecule has 4 heteroatoms. The third-order valence-electron chi connectivity index (χ3n) is 1.39. The number of rotatable bonds is 0. The van der Waals surface area contributed by atoms with E-state index >= 15 is 0 Å². The molecule has 2 rings (SSSR count). The van der Waals surface area contributed by atoms with Crippen LogP contribution in [0, 0.1) is 0 Å². The Labute approximate surface area is 57.6 Å². The van der Waals surface area contributed by atoms with Crippen molar-refractivity contribution in [3.63, 3.8) is 0 Å². The SMILES string of the molecule is Nn1cccc2nncc1-2. The van der Waals surface area contributed by atoms with Crippen molar-refractivity contribution in [2.24, 2.45) is 0 Å². The number of pyridine rings is 1. The van der Waals surface area contributed by atoms with Crippen LogP contribution >= 0.6 is 0 Å². The summed E-state index contributed by atoms with van der Waals surface area (Å²) >= 11 is 0. The topological polar surface area (TPSA) is 56.7 Å². The second-order valence-electron chi connectivity index (χ2n) is 2.03. The standard InChI is InChI=1S/C6H6N4/c7-10-3-1-2-5-6(10)4-8-9-5/h1-4H,7H2. The molecule has 0 spiro atoms. The summed E-state index contributed by atoms with van der Waals surface area (Å²) in [7, 11) is 0. The first kappa shape index (κ1) is 5.22. The van der Waals surface area contributed by atoms with Crippen molar-refractivity contribution in [2.75, 3.05) is 5.84 Å². The van der Waals surface area contributed by atoms with Crippen LogP contribution in [-0.2, 0) is 0 Å². The monoisotopic (exact) mass is 134 g/mol. The minimum Gasteiger partial charge on any atom is -0.339 e. The lowest BCUT2D eigenvalue weighted by Gasteiger charge is -2.01. The van der Waals surface area contributed by atoms with Crippen LogP contribution in [0.4, 0.5) is 0 Å². The Morgan fingerprint density at radius 3 is 3.20 bits per heavy atom. The van der Waals surface area contributed by atoms with Crippen molar-refractivity contribution >= 4 is 0 Å². The van der Waals surface area contributed by atoms with Gasteiger partial charge in [-0.2, -0.15) is 5.10 Å². The molecule has 50 valence electrons. The van der Waals surface area contributed by atoms with Gasteiger partial charge in [0, 0.05) is 6.20 Å². The van der Waals surface area contributed by atoms with Gasteiger partial charge in [0.1, 0.15) is 11.4 Å². The molecular formula is C6H6N4.